The summed E-state index contributed by atoms with van der Waals surface area (Å²) in [5, 5.41) is 5.15. The van der Waals surface area contributed by atoms with Gasteiger partial charge in [0.2, 0.25) is 0 Å². The van der Waals surface area contributed by atoms with Crippen molar-refractivity contribution in [3.05, 3.63) is 0 Å². The third-order valence-corrected chi connectivity index (χ3v) is 8.13. The molecule has 2 aliphatic heterocycles. The van der Waals surface area contributed by atoms with Gasteiger partial charge < -0.3 is 10.1 Å². The van der Waals surface area contributed by atoms with Crippen LogP contribution in [0.3, 0.4) is 0 Å². The van der Waals surface area contributed by atoms with Gasteiger partial charge in [0.25, 0.3) is 0 Å². The number of ether oxygens (including phenoxy) is 1. The Balaban J connectivity index is 2.18. The van der Waals surface area contributed by atoms with Crippen LogP contribution in [0.2, 0.25) is 0 Å². The molecule has 2 heterocycles. The van der Waals surface area contributed by atoms with Crippen molar-refractivity contribution in [2.75, 3.05) is 18.6 Å². The molecule has 0 aromatic heterocycles. The highest BCUT2D eigenvalue weighted by molar-refractivity contribution is 8.07. The average Bonchev–Trinajstić information content (AvgIpc) is 2.59. The lowest BCUT2D eigenvalue weighted by molar-refractivity contribution is -0.0775. The maximum absolute atomic E-state index is 6.34. The van der Waals surface area contributed by atoms with E-state index in [1.54, 1.807) is 0 Å². The van der Waals surface area contributed by atoms with E-state index in [2.05, 4.69) is 70.5 Å². The van der Waals surface area contributed by atoms with Crippen molar-refractivity contribution in [3.8, 4) is 0 Å². The van der Waals surface area contributed by atoms with Crippen LogP contribution in [0.4, 0.5) is 0 Å². The Morgan fingerprint density at radius 3 is 2.35 bits per heavy atom. The van der Waals surface area contributed by atoms with Gasteiger partial charge in [-0.2, -0.15) is 23.5 Å². The van der Waals surface area contributed by atoms with Crippen molar-refractivity contribution in [2.24, 2.45) is 5.92 Å². The van der Waals surface area contributed by atoms with Crippen molar-refractivity contribution < 1.29 is 4.74 Å². The number of hydrogen-bond acceptors (Lipinski definition) is 4. The predicted octanol–water partition coefficient (Wildman–Crippen LogP) is 3.80. The first-order chi connectivity index (χ1) is 9.30. The van der Waals surface area contributed by atoms with Crippen LogP contribution in [0, 0.1) is 5.92 Å². The molecular formula is C16H31NOS2. The lowest BCUT2D eigenvalue weighted by atomic mass is 9.79. The molecule has 4 unspecified atom stereocenters. The summed E-state index contributed by atoms with van der Waals surface area (Å²) in [6.45, 7) is 11.4. The molecule has 2 rings (SSSR count). The van der Waals surface area contributed by atoms with E-state index < -0.39 is 0 Å². The third kappa shape index (κ3) is 3.50. The highest BCUT2D eigenvalue weighted by Crippen LogP contribution is 2.47. The molecule has 0 aromatic rings. The molecule has 0 aliphatic carbocycles. The topological polar surface area (TPSA) is 21.3 Å². The quantitative estimate of drug-likeness (QED) is 0.851. The van der Waals surface area contributed by atoms with E-state index in [9.17, 15) is 0 Å². The second-order valence-electron chi connectivity index (χ2n) is 7.24. The zero-order valence-corrected chi connectivity index (χ0v) is 15.5. The van der Waals surface area contributed by atoms with Gasteiger partial charge in [-0.3, -0.25) is 0 Å². The Morgan fingerprint density at radius 2 is 1.85 bits per heavy atom. The summed E-state index contributed by atoms with van der Waals surface area (Å²) in [6.07, 6.45) is 2.43. The Morgan fingerprint density at radius 1 is 1.20 bits per heavy atom. The molecule has 118 valence electrons. The largest absolute Gasteiger partial charge is 0.369 e. The molecule has 2 saturated heterocycles. The van der Waals surface area contributed by atoms with Crippen LogP contribution in [-0.4, -0.2) is 46.3 Å². The van der Waals surface area contributed by atoms with Gasteiger partial charge in [-0.15, -0.1) is 0 Å². The molecule has 0 bridgehead atoms. The molecule has 2 fully saturated rings. The zero-order valence-electron chi connectivity index (χ0n) is 13.9. The highest BCUT2D eigenvalue weighted by Gasteiger charge is 2.51. The van der Waals surface area contributed by atoms with Crippen LogP contribution in [0.5, 0.6) is 0 Å². The molecule has 0 radical (unpaired) electrons. The minimum Gasteiger partial charge on any atom is -0.369 e. The molecule has 0 spiro atoms. The zero-order chi connectivity index (χ0) is 15.0. The fourth-order valence-corrected chi connectivity index (χ4v) is 7.38. The summed E-state index contributed by atoms with van der Waals surface area (Å²) in [5.41, 5.74) is -0.0183. The number of rotatable bonds is 4. The Kier molecular flexibility index (Phi) is 5.43. The maximum Gasteiger partial charge on any atom is 0.0678 e. The van der Waals surface area contributed by atoms with Gasteiger partial charge in [-0.05, 0) is 47.6 Å². The van der Waals surface area contributed by atoms with Gasteiger partial charge >= 0.3 is 0 Å². The molecule has 1 N–H and O–H groups in total. The third-order valence-electron chi connectivity index (χ3n) is 4.76. The predicted molar refractivity (Wildman–Crippen MR) is 93.0 cm³/mol. The van der Waals surface area contributed by atoms with Crippen molar-refractivity contribution in [1.29, 1.82) is 0 Å². The van der Waals surface area contributed by atoms with Gasteiger partial charge in [0.15, 0.2) is 0 Å². The first-order valence-electron chi connectivity index (χ1n) is 7.91. The number of thioether (sulfide) groups is 2. The number of nitrogens with one attached hydrogen (secondary N) is 1. The summed E-state index contributed by atoms with van der Waals surface area (Å²) < 4.78 is 6.34. The second-order valence-corrected chi connectivity index (χ2v) is 9.88. The van der Waals surface area contributed by atoms with E-state index in [-0.39, 0.29) is 11.2 Å². The summed E-state index contributed by atoms with van der Waals surface area (Å²) >= 11 is 4.35. The van der Waals surface area contributed by atoms with Crippen LogP contribution < -0.4 is 5.32 Å². The van der Waals surface area contributed by atoms with E-state index in [0.29, 0.717) is 17.2 Å². The Hall–Kier alpha value is 0.620. The van der Waals surface area contributed by atoms with Crippen LogP contribution in [0.15, 0.2) is 0 Å². The smallest absolute Gasteiger partial charge is 0.0678 e. The van der Waals surface area contributed by atoms with Gasteiger partial charge in [0.05, 0.1) is 11.2 Å². The molecule has 0 amide bonds. The molecule has 4 atom stereocenters. The summed E-state index contributed by atoms with van der Waals surface area (Å²) in [7, 11) is 2.14. The lowest BCUT2D eigenvalue weighted by Gasteiger charge is -2.42. The standard InChI is InChI=1S/C16H31NOS2/c1-7-12-14(20-9-8-19-12)13(17-6)11-10-15(2,3)18-16(11,4)5/h11-14,17H,7-10H2,1-6H3. The van der Waals surface area contributed by atoms with E-state index in [1.807, 2.05) is 0 Å². The van der Waals surface area contributed by atoms with E-state index in [4.69, 9.17) is 4.74 Å². The van der Waals surface area contributed by atoms with Crippen LogP contribution >= 0.6 is 23.5 Å². The van der Waals surface area contributed by atoms with Gasteiger partial charge in [0, 0.05) is 34.0 Å². The fourth-order valence-electron chi connectivity index (χ4n) is 4.03. The minimum absolute atomic E-state index is 0.0114. The number of hydrogen-bond donors (Lipinski definition) is 1. The summed E-state index contributed by atoms with van der Waals surface area (Å²) in [5.74, 6) is 3.20. The van der Waals surface area contributed by atoms with Crippen LogP contribution in [0.25, 0.3) is 0 Å². The first-order valence-corrected chi connectivity index (χ1v) is 10.0. The maximum atomic E-state index is 6.34. The van der Waals surface area contributed by atoms with Gasteiger partial charge in [-0.25, -0.2) is 0 Å². The first kappa shape index (κ1) is 17.0. The monoisotopic (exact) mass is 317 g/mol. The van der Waals surface area contributed by atoms with Crippen molar-refractivity contribution in [1.82, 2.24) is 5.32 Å². The molecule has 0 aromatic carbocycles. The van der Waals surface area contributed by atoms with Crippen molar-refractivity contribution in [3.63, 3.8) is 0 Å². The van der Waals surface area contributed by atoms with Crippen molar-refractivity contribution >= 4 is 23.5 Å². The Labute approximate surface area is 133 Å². The molecule has 4 heteroatoms. The molecule has 0 saturated carbocycles. The molecular weight excluding hydrogens is 286 g/mol. The van der Waals surface area contributed by atoms with Gasteiger partial charge in [0.1, 0.15) is 0 Å². The lowest BCUT2D eigenvalue weighted by Crippen LogP contribution is -2.52. The van der Waals surface area contributed by atoms with E-state index in [0.717, 1.165) is 11.7 Å². The second kappa shape index (κ2) is 6.39. The molecule has 2 nitrogen and oxygen atoms in total. The van der Waals surface area contributed by atoms with Gasteiger partial charge in [-0.1, -0.05) is 6.92 Å². The average molecular weight is 318 g/mol. The highest BCUT2D eigenvalue weighted by atomic mass is 32.2. The van der Waals surface area contributed by atoms with Crippen LogP contribution in [-0.2, 0) is 4.74 Å². The molecule has 20 heavy (non-hydrogen) atoms. The minimum atomic E-state index is -0.0296. The van der Waals surface area contributed by atoms with E-state index >= 15 is 0 Å². The fraction of sp³-hybridized carbons (Fsp3) is 1.00. The SMILES string of the molecule is CCC1SCCSC1C(NC)C1CC(C)(C)OC1(C)C. The normalized spacial score (nSPS) is 37.8. The van der Waals surface area contributed by atoms with E-state index in [1.165, 1.54) is 17.9 Å². The molecule has 2 aliphatic rings. The summed E-state index contributed by atoms with van der Waals surface area (Å²) in [6, 6.07) is 0.550. The summed E-state index contributed by atoms with van der Waals surface area (Å²) in [4.78, 5) is 0. The van der Waals surface area contributed by atoms with Crippen molar-refractivity contribution in [2.45, 2.75) is 75.2 Å². The Bertz CT molecular complexity index is 332. The van der Waals surface area contributed by atoms with Crippen LogP contribution in [0.1, 0.15) is 47.5 Å².